The van der Waals surface area contributed by atoms with Crippen LogP contribution in [0.25, 0.3) is 11.1 Å². The fraction of sp³-hybridized carbons (Fsp3) is 0. The van der Waals surface area contributed by atoms with E-state index in [1.165, 1.54) is 0 Å². The molecule has 0 fully saturated rings. The number of carbonyl (C=O) groups excluding carboxylic acids is 4. The fourth-order valence-corrected chi connectivity index (χ4v) is 4.70. The molecule has 5 nitrogen and oxygen atoms in total. The lowest BCUT2D eigenvalue weighted by molar-refractivity contribution is 0.0978. The smallest absolute Gasteiger partial charge is 0.256 e. The molecule has 1 N–H and O–H groups in total. The molecule has 33 heavy (non-hydrogen) atoms. The predicted octanol–water partition coefficient (Wildman–Crippen LogP) is 4.93. The second-order valence-corrected chi connectivity index (χ2v) is 7.99. The van der Waals surface area contributed by atoms with E-state index in [2.05, 4.69) is 5.32 Å². The van der Waals surface area contributed by atoms with Crippen molar-refractivity contribution in [2.24, 2.45) is 0 Å². The summed E-state index contributed by atoms with van der Waals surface area (Å²) in [6, 6.07) is 23.8. The molecule has 156 valence electrons. The van der Waals surface area contributed by atoms with Gasteiger partial charge in [-0.3, -0.25) is 19.2 Å². The number of benzene rings is 4. The van der Waals surface area contributed by atoms with Gasteiger partial charge in [-0.05, 0) is 23.3 Å². The Balaban J connectivity index is 1.43. The molecule has 0 saturated heterocycles. The Hall–Kier alpha value is -4.64. The number of nitrogens with one attached hydrogen (secondary N) is 1. The topological polar surface area (TPSA) is 80.3 Å². The van der Waals surface area contributed by atoms with Gasteiger partial charge >= 0.3 is 0 Å². The van der Waals surface area contributed by atoms with Gasteiger partial charge in [0, 0.05) is 27.8 Å². The van der Waals surface area contributed by atoms with Gasteiger partial charge < -0.3 is 5.32 Å². The van der Waals surface area contributed by atoms with Gasteiger partial charge in [-0.25, -0.2) is 0 Å². The molecule has 4 aromatic carbocycles. The Bertz CT molecular complexity index is 1560. The Morgan fingerprint density at radius 3 is 1.73 bits per heavy atom. The lowest BCUT2D eigenvalue weighted by Gasteiger charge is -2.20. The third kappa shape index (κ3) is 2.66. The van der Waals surface area contributed by atoms with Crippen LogP contribution < -0.4 is 5.32 Å². The van der Waals surface area contributed by atoms with E-state index in [0.29, 0.717) is 27.8 Å². The van der Waals surface area contributed by atoms with Crippen molar-refractivity contribution in [3.05, 3.63) is 124 Å². The zero-order valence-electron chi connectivity index (χ0n) is 17.2. The summed E-state index contributed by atoms with van der Waals surface area (Å²) in [4.78, 5) is 52.6. The Morgan fingerprint density at radius 2 is 1.00 bits per heavy atom. The quantitative estimate of drug-likeness (QED) is 0.423. The SMILES string of the molecule is O=C1c2ccccc2C(=O)c2c(NC(=O)c3cccc4c3C(=O)c3ccccc3-4)cccc21. The molecule has 0 aliphatic heterocycles. The average Bonchev–Trinajstić information content (AvgIpc) is 3.15. The molecule has 0 heterocycles. The van der Waals surface area contributed by atoms with Gasteiger partial charge in [0.1, 0.15) is 0 Å². The summed E-state index contributed by atoms with van der Waals surface area (Å²) in [5, 5.41) is 2.78. The van der Waals surface area contributed by atoms with Crippen LogP contribution in [0.1, 0.15) is 58.1 Å². The van der Waals surface area contributed by atoms with Crippen molar-refractivity contribution >= 4 is 28.9 Å². The zero-order chi connectivity index (χ0) is 22.7. The molecule has 0 unspecified atom stereocenters. The predicted molar refractivity (Wildman–Crippen MR) is 123 cm³/mol. The first-order valence-electron chi connectivity index (χ1n) is 10.5. The van der Waals surface area contributed by atoms with Crippen molar-refractivity contribution < 1.29 is 19.2 Å². The first-order valence-corrected chi connectivity index (χ1v) is 10.5. The highest BCUT2D eigenvalue weighted by Crippen LogP contribution is 2.38. The number of ketones is 3. The van der Waals surface area contributed by atoms with Crippen LogP contribution in [-0.2, 0) is 0 Å². The number of fused-ring (bicyclic) bond motifs is 5. The van der Waals surface area contributed by atoms with Crippen LogP contribution in [0.2, 0.25) is 0 Å². The van der Waals surface area contributed by atoms with E-state index in [0.717, 1.165) is 5.56 Å². The number of carbonyl (C=O) groups is 4. The molecule has 0 saturated carbocycles. The maximum Gasteiger partial charge on any atom is 0.256 e. The lowest BCUT2D eigenvalue weighted by atomic mass is 9.83. The Kier molecular flexibility index (Phi) is 4.01. The number of hydrogen-bond donors (Lipinski definition) is 1. The summed E-state index contributed by atoms with van der Waals surface area (Å²) >= 11 is 0. The van der Waals surface area contributed by atoms with Crippen LogP contribution >= 0.6 is 0 Å². The van der Waals surface area contributed by atoms with E-state index in [-0.39, 0.29) is 39.7 Å². The lowest BCUT2D eigenvalue weighted by Crippen LogP contribution is -2.24. The minimum Gasteiger partial charge on any atom is -0.321 e. The maximum absolute atomic E-state index is 13.3. The van der Waals surface area contributed by atoms with Gasteiger partial charge in [0.25, 0.3) is 5.91 Å². The van der Waals surface area contributed by atoms with Crippen molar-refractivity contribution in [2.75, 3.05) is 5.32 Å². The molecule has 0 atom stereocenters. The normalized spacial score (nSPS) is 13.2. The molecule has 6 rings (SSSR count). The van der Waals surface area contributed by atoms with Crippen molar-refractivity contribution in [1.29, 1.82) is 0 Å². The van der Waals surface area contributed by atoms with Gasteiger partial charge in [-0.2, -0.15) is 0 Å². The molecule has 5 heteroatoms. The number of amides is 1. The van der Waals surface area contributed by atoms with Gasteiger partial charge in [-0.15, -0.1) is 0 Å². The standard InChI is InChI=1S/C28H15NO4/c30-25-18-9-3-4-10-19(18)27(32)24-20(25)12-6-14-22(24)29-28(33)21-13-5-11-16-15-7-1-2-8-17(15)26(31)23(16)21/h1-14H,(H,29,33). The van der Waals surface area contributed by atoms with Crippen molar-refractivity contribution in [3.8, 4) is 11.1 Å². The van der Waals surface area contributed by atoms with Crippen LogP contribution in [0.5, 0.6) is 0 Å². The van der Waals surface area contributed by atoms with Crippen LogP contribution in [-0.4, -0.2) is 23.3 Å². The summed E-state index contributed by atoms with van der Waals surface area (Å²) in [5.41, 5.74) is 3.93. The molecule has 2 aliphatic rings. The van der Waals surface area contributed by atoms with Crippen molar-refractivity contribution in [3.63, 3.8) is 0 Å². The molecular formula is C28H15NO4. The van der Waals surface area contributed by atoms with E-state index >= 15 is 0 Å². The second-order valence-electron chi connectivity index (χ2n) is 7.99. The first kappa shape index (κ1) is 19.1. The summed E-state index contributed by atoms with van der Waals surface area (Å²) in [5.74, 6) is -1.30. The molecule has 2 aliphatic carbocycles. The minimum atomic E-state index is -0.513. The molecule has 0 bridgehead atoms. The number of hydrogen-bond acceptors (Lipinski definition) is 4. The molecule has 0 spiro atoms. The van der Waals surface area contributed by atoms with Crippen LogP contribution in [0.4, 0.5) is 5.69 Å². The second kappa shape index (κ2) is 6.93. The first-order chi connectivity index (χ1) is 16.1. The summed E-state index contributed by atoms with van der Waals surface area (Å²) < 4.78 is 0. The highest BCUT2D eigenvalue weighted by Gasteiger charge is 2.33. The van der Waals surface area contributed by atoms with E-state index < -0.39 is 5.91 Å². The number of anilines is 1. The van der Waals surface area contributed by atoms with E-state index in [1.807, 2.05) is 18.2 Å². The van der Waals surface area contributed by atoms with Crippen molar-refractivity contribution in [2.45, 2.75) is 0 Å². The largest absolute Gasteiger partial charge is 0.321 e. The van der Waals surface area contributed by atoms with Crippen LogP contribution in [0.3, 0.4) is 0 Å². The molecule has 1 amide bonds. The monoisotopic (exact) mass is 429 g/mol. The van der Waals surface area contributed by atoms with Crippen LogP contribution in [0, 0.1) is 0 Å². The van der Waals surface area contributed by atoms with E-state index in [9.17, 15) is 19.2 Å². The molecule has 4 aromatic rings. The molecule has 0 aromatic heterocycles. The van der Waals surface area contributed by atoms with Crippen molar-refractivity contribution in [1.82, 2.24) is 0 Å². The highest BCUT2D eigenvalue weighted by atomic mass is 16.2. The van der Waals surface area contributed by atoms with Gasteiger partial charge in [-0.1, -0.05) is 72.8 Å². The van der Waals surface area contributed by atoms with E-state index in [1.54, 1.807) is 66.7 Å². The molecule has 0 radical (unpaired) electrons. The summed E-state index contributed by atoms with van der Waals surface area (Å²) in [7, 11) is 0. The third-order valence-electron chi connectivity index (χ3n) is 6.20. The maximum atomic E-state index is 13.3. The van der Waals surface area contributed by atoms with Gasteiger partial charge in [0.15, 0.2) is 17.3 Å². The zero-order valence-corrected chi connectivity index (χ0v) is 17.2. The summed E-state index contributed by atoms with van der Waals surface area (Å²) in [6.45, 7) is 0. The minimum absolute atomic E-state index is 0.164. The van der Waals surface area contributed by atoms with Gasteiger partial charge in [0.2, 0.25) is 0 Å². The summed E-state index contributed by atoms with van der Waals surface area (Å²) in [6.07, 6.45) is 0. The fourth-order valence-electron chi connectivity index (χ4n) is 4.70. The average molecular weight is 429 g/mol. The molecular weight excluding hydrogens is 414 g/mol. The van der Waals surface area contributed by atoms with Gasteiger partial charge in [0.05, 0.1) is 16.8 Å². The van der Waals surface area contributed by atoms with E-state index in [4.69, 9.17) is 0 Å². The third-order valence-corrected chi connectivity index (χ3v) is 6.20. The number of rotatable bonds is 2. The Morgan fingerprint density at radius 1 is 0.485 bits per heavy atom. The highest BCUT2D eigenvalue weighted by molar-refractivity contribution is 6.31. The van der Waals surface area contributed by atoms with Crippen LogP contribution in [0.15, 0.2) is 84.9 Å². The Labute approximate surface area is 188 Å².